The molecule has 0 radical (unpaired) electrons. The highest BCUT2D eigenvalue weighted by molar-refractivity contribution is 5.81. The van der Waals surface area contributed by atoms with Crippen LogP contribution in [0.2, 0.25) is 0 Å². The molecule has 2 unspecified atom stereocenters. The Labute approximate surface area is 118 Å². The van der Waals surface area contributed by atoms with Gasteiger partial charge in [-0.3, -0.25) is 4.79 Å². The Morgan fingerprint density at radius 1 is 1.45 bits per heavy atom. The summed E-state index contributed by atoms with van der Waals surface area (Å²) < 4.78 is 10.8. The molecular formula is C15H20N2O3. The maximum atomic E-state index is 12.2. The maximum absolute atomic E-state index is 12.2. The third-order valence-corrected chi connectivity index (χ3v) is 3.91. The summed E-state index contributed by atoms with van der Waals surface area (Å²) in [6, 6.07) is 5.66. The number of nitrogens with one attached hydrogen (secondary N) is 2. The molecule has 1 aromatic carbocycles. The molecule has 0 bridgehead atoms. The van der Waals surface area contributed by atoms with Crippen molar-refractivity contribution in [2.45, 2.75) is 32.4 Å². The van der Waals surface area contributed by atoms with Crippen LogP contribution in [-0.2, 0) is 11.3 Å². The van der Waals surface area contributed by atoms with E-state index in [2.05, 4.69) is 17.6 Å². The monoisotopic (exact) mass is 276 g/mol. The van der Waals surface area contributed by atoms with E-state index >= 15 is 0 Å². The lowest BCUT2D eigenvalue weighted by atomic mass is 9.94. The molecule has 108 valence electrons. The maximum Gasteiger partial charge on any atom is 0.237 e. The largest absolute Gasteiger partial charge is 0.454 e. The Bertz CT molecular complexity index is 504. The standard InChI is InChI=1S/C15H20N2O3/c1-10-5-6-16-12(7-10)15(18)17-8-11-3-2-4-13-14(11)20-9-19-13/h2-4,10,12,16H,5-9H2,1H3,(H,17,18). The number of carbonyl (C=O) groups excluding carboxylic acids is 1. The molecule has 0 saturated carbocycles. The molecule has 0 aromatic heterocycles. The normalized spacial score (nSPS) is 24.4. The zero-order valence-electron chi connectivity index (χ0n) is 11.6. The number of amides is 1. The number of carbonyl (C=O) groups is 1. The Kier molecular flexibility index (Phi) is 3.78. The first-order chi connectivity index (χ1) is 9.74. The van der Waals surface area contributed by atoms with Crippen molar-refractivity contribution in [3.63, 3.8) is 0 Å². The van der Waals surface area contributed by atoms with E-state index in [0.29, 0.717) is 12.5 Å². The number of benzene rings is 1. The predicted octanol–water partition coefficient (Wildman–Crippen LogP) is 1.42. The van der Waals surface area contributed by atoms with E-state index < -0.39 is 0 Å². The minimum absolute atomic E-state index is 0.0630. The molecule has 1 amide bonds. The minimum Gasteiger partial charge on any atom is -0.454 e. The number of hydrogen-bond donors (Lipinski definition) is 2. The zero-order valence-corrected chi connectivity index (χ0v) is 11.6. The van der Waals surface area contributed by atoms with Crippen LogP contribution in [0.3, 0.4) is 0 Å². The first kappa shape index (κ1) is 13.2. The molecule has 3 rings (SSSR count). The van der Waals surface area contributed by atoms with Crippen molar-refractivity contribution in [1.82, 2.24) is 10.6 Å². The summed E-state index contributed by atoms with van der Waals surface area (Å²) in [7, 11) is 0. The summed E-state index contributed by atoms with van der Waals surface area (Å²) in [4.78, 5) is 12.2. The van der Waals surface area contributed by atoms with Crippen LogP contribution >= 0.6 is 0 Å². The Hall–Kier alpha value is -1.75. The van der Waals surface area contributed by atoms with Gasteiger partial charge in [-0.05, 0) is 31.4 Å². The van der Waals surface area contributed by atoms with Crippen LogP contribution < -0.4 is 20.1 Å². The second-order valence-electron chi connectivity index (χ2n) is 5.50. The molecule has 5 heteroatoms. The molecule has 2 aliphatic heterocycles. The van der Waals surface area contributed by atoms with Crippen molar-refractivity contribution >= 4 is 5.91 Å². The van der Waals surface area contributed by atoms with Crippen LogP contribution in [0.4, 0.5) is 0 Å². The minimum atomic E-state index is -0.0762. The van der Waals surface area contributed by atoms with Crippen molar-refractivity contribution in [1.29, 1.82) is 0 Å². The van der Waals surface area contributed by atoms with Crippen LogP contribution in [0.15, 0.2) is 18.2 Å². The summed E-state index contributed by atoms with van der Waals surface area (Å²) >= 11 is 0. The third kappa shape index (κ3) is 2.72. The molecule has 0 aliphatic carbocycles. The van der Waals surface area contributed by atoms with Gasteiger partial charge in [0.15, 0.2) is 11.5 Å². The van der Waals surface area contributed by atoms with E-state index in [9.17, 15) is 4.79 Å². The van der Waals surface area contributed by atoms with E-state index in [-0.39, 0.29) is 18.7 Å². The fourth-order valence-corrected chi connectivity index (χ4v) is 2.74. The van der Waals surface area contributed by atoms with Gasteiger partial charge >= 0.3 is 0 Å². The second-order valence-corrected chi connectivity index (χ2v) is 5.50. The number of para-hydroxylation sites is 1. The van der Waals surface area contributed by atoms with Gasteiger partial charge in [-0.25, -0.2) is 0 Å². The highest BCUT2D eigenvalue weighted by atomic mass is 16.7. The van der Waals surface area contributed by atoms with Gasteiger partial charge in [0, 0.05) is 12.1 Å². The van der Waals surface area contributed by atoms with Crippen molar-refractivity contribution in [2.24, 2.45) is 5.92 Å². The molecule has 5 nitrogen and oxygen atoms in total. The number of hydrogen-bond acceptors (Lipinski definition) is 4. The smallest absolute Gasteiger partial charge is 0.237 e. The summed E-state index contributed by atoms with van der Waals surface area (Å²) in [5, 5.41) is 6.25. The SMILES string of the molecule is CC1CCNC(C(=O)NCc2cccc3c2OCO3)C1. The first-order valence-electron chi connectivity index (χ1n) is 7.12. The molecule has 1 aromatic rings. The van der Waals surface area contributed by atoms with Crippen LogP contribution in [0.25, 0.3) is 0 Å². The molecule has 1 fully saturated rings. The fraction of sp³-hybridized carbons (Fsp3) is 0.533. The highest BCUT2D eigenvalue weighted by Crippen LogP contribution is 2.35. The van der Waals surface area contributed by atoms with E-state index in [4.69, 9.17) is 9.47 Å². The van der Waals surface area contributed by atoms with Gasteiger partial charge in [0.25, 0.3) is 0 Å². The van der Waals surface area contributed by atoms with Crippen molar-refractivity contribution in [3.8, 4) is 11.5 Å². The van der Waals surface area contributed by atoms with Crippen molar-refractivity contribution in [2.75, 3.05) is 13.3 Å². The van der Waals surface area contributed by atoms with Gasteiger partial charge in [-0.2, -0.15) is 0 Å². The van der Waals surface area contributed by atoms with Gasteiger partial charge in [-0.1, -0.05) is 19.1 Å². The van der Waals surface area contributed by atoms with E-state index in [1.165, 1.54) is 0 Å². The Morgan fingerprint density at radius 2 is 2.35 bits per heavy atom. The molecule has 0 spiro atoms. The van der Waals surface area contributed by atoms with Gasteiger partial charge < -0.3 is 20.1 Å². The summed E-state index contributed by atoms with van der Waals surface area (Å²) in [6.07, 6.45) is 2.04. The molecule has 2 atom stereocenters. The molecule has 2 N–H and O–H groups in total. The molecule has 2 aliphatic rings. The van der Waals surface area contributed by atoms with Gasteiger partial charge in [-0.15, -0.1) is 0 Å². The van der Waals surface area contributed by atoms with Crippen LogP contribution in [0, 0.1) is 5.92 Å². The number of piperidine rings is 1. The van der Waals surface area contributed by atoms with Crippen LogP contribution in [-0.4, -0.2) is 25.3 Å². The quantitative estimate of drug-likeness (QED) is 0.876. The molecule has 20 heavy (non-hydrogen) atoms. The van der Waals surface area contributed by atoms with E-state index in [0.717, 1.165) is 36.4 Å². The highest BCUT2D eigenvalue weighted by Gasteiger charge is 2.25. The molecule has 1 saturated heterocycles. The lowest BCUT2D eigenvalue weighted by Gasteiger charge is -2.27. The van der Waals surface area contributed by atoms with Gasteiger partial charge in [0.2, 0.25) is 12.7 Å². The number of rotatable bonds is 3. The second kappa shape index (κ2) is 5.71. The summed E-state index contributed by atoms with van der Waals surface area (Å²) in [5.41, 5.74) is 0.956. The number of fused-ring (bicyclic) bond motifs is 1. The lowest BCUT2D eigenvalue weighted by molar-refractivity contribution is -0.124. The predicted molar refractivity (Wildman–Crippen MR) is 74.6 cm³/mol. The lowest BCUT2D eigenvalue weighted by Crippen LogP contribution is -2.48. The van der Waals surface area contributed by atoms with E-state index in [1.807, 2.05) is 18.2 Å². The van der Waals surface area contributed by atoms with Gasteiger partial charge in [0.05, 0.1) is 6.04 Å². The zero-order chi connectivity index (χ0) is 13.9. The van der Waals surface area contributed by atoms with Crippen LogP contribution in [0.1, 0.15) is 25.3 Å². The van der Waals surface area contributed by atoms with E-state index in [1.54, 1.807) is 0 Å². The molecule has 2 heterocycles. The summed E-state index contributed by atoms with van der Waals surface area (Å²) in [5.74, 6) is 2.16. The third-order valence-electron chi connectivity index (χ3n) is 3.91. The summed E-state index contributed by atoms with van der Waals surface area (Å²) in [6.45, 7) is 3.83. The van der Waals surface area contributed by atoms with Crippen molar-refractivity contribution in [3.05, 3.63) is 23.8 Å². The average molecular weight is 276 g/mol. The van der Waals surface area contributed by atoms with Crippen molar-refractivity contribution < 1.29 is 14.3 Å². The fourth-order valence-electron chi connectivity index (χ4n) is 2.74. The average Bonchev–Trinajstić information content (AvgIpc) is 2.93. The first-order valence-corrected chi connectivity index (χ1v) is 7.12. The number of ether oxygens (including phenoxy) is 2. The van der Waals surface area contributed by atoms with Gasteiger partial charge in [0.1, 0.15) is 0 Å². The van der Waals surface area contributed by atoms with Crippen LogP contribution in [0.5, 0.6) is 11.5 Å². The molecular weight excluding hydrogens is 256 g/mol. The topological polar surface area (TPSA) is 59.6 Å². The Morgan fingerprint density at radius 3 is 3.20 bits per heavy atom. The Balaban J connectivity index is 1.59.